The van der Waals surface area contributed by atoms with Gasteiger partial charge in [0.1, 0.15) is 0 Å². The van der Waals surface area contributed by atoms with Crippen LogP contribution in [0.2, 0.25) is 5.02 Å². The van der Waals surface area contributed by atoms with E-state index in [1.165, 1.54) is 56.9 Å². The van der Waals surface area contributed by atoms with Crippen molar-refractivity contribution in [3.63, 3.8) is 0 Å². The SMILES string of the molecule is O=C(NC1CCC2CC3CC3CC1C2)[C@H]1CCCC[C@H]1NCc1ccc(Cl)cc1. The molecule has 0 aliphatic heterocycles. The van der Waals surface area contributed by atoms with Crippen molar-refractivity contribution in [1.82, 2.24) is 10.6 Å². The van der Waals surface area contributed by atoms with Crippen molar-refractivity contribution in [1.29, 1.82) is 0 Å². The summed E-state index contributed by atoms with van der Waals surface area (Å²) in [4.78, 5) is 13.3. The second kappa shape index (κ2) is 8.59. The van der Waals surface area contributed by atoms with Crippen LogP contribution in [0.15, 0.2) is 24.3 Å². The molecule has 1 aromatic carbocycles. The van der Waals surface area contributed by atoms with Crippen molar-refractivity contribution in [3.8, 4) is 0 Å². The van der Waals surface area contributed by atoms with Gasteiger partial charge in [0, 0.05) is 23.7 Å². The monoisotopic (exact) mass is 414 g/mol. The van der Waals surface area contributed by atoms with E-state index < -0.39 is 0 Å². The van der Waals surface area contributed by atoms with Crippen molar-refractivity contribution < 1.29 is 4.79 Å². The lowest BCUT2D eigenvalue weighted by Gasteiger charge is -2.38. The molecule has 4 aliphatic carbocycles. The minimum atomic E-state index is 0.119. The molecule has 0 saturated heterocycles. The van der Waals surface area contributed by atoms with Gasteiger partial charge in [0.05, 0.1) is 5.92 Å². The summed E-state index contributed by atoms with van der Waals surface area (Å²) in [5, 5.41) is 8.01. The van der Waals surface area contributed by atoms with Crippen LogP contribution in [0, 0.1) is 29.6 Å². The maximum atomic E-state index is 13.3. The van der Waals surface area contributed by atoms with Gasteiger partial charge in [0.2, 0.25) is 5.91 Å². The summed E-state index contributed by atoms with van der Waals surface area (Å²) in [6.45, 7) is 0.808. The highest BCUT2D eigenvalue weighted by atomic mass is 35.5. The van der Waals surface area contributed by atoms with Crippen molar-refractivity contribution in [2.75, 3.05) is 0 Å². The molecule has 2 bridgehead atoms. The summed E-state index contributed by atoms with van der Waals surface area (Å²) >= 11 is 6.00. The predicted octanol–water partition coefficient (Wildman–Crippen LogP) is 5.32. The van der Waals surface area contributed by atoms with Crippen LogP contribution >= 0.6 is 11.6 Å². The Bertz CT molecular complexity index is 718. The van der Waals surface area contributed by atoms with E-state index in [1.54, 1.807) is 0 Å². The molecule has 4 aliphatic rings. The van der Waals surface area contributed by atoms with Gasteiger partial charge in [-0.15, -0.1) is 0 Å². The molecule has 1 amide bonds. The third kappa shape index (κ3) is 4.66. The molecule has 2 N–H and O–H groups in total. The zero-order chi connectivity index (χ0) is 19.8. The van der Waals surface area contributed by atoms with Crippen LogP contribution in [0.25, 0.3) is 0 Å². The zero-order valence-electron chi connectivity index (χ0n) is 17.4. The van der Waals surface area contributed by atoms with E-state index in [2.05, 4.69) is 22.8 Å². The molecule has 0 spiro atoms. The Morgan fingerprint density at radius 2 is 1.59 bits per heavy atom. The van der Waals surface area contributed by atoms with Crippen LogP contribution in [-0.4, -0.2) is 18.0 Å². The number of hydrogen-bond acceptors (Lipinski definition) is 2. The maximum Gasteiger partial charge on any atom is 0.224 e. The summed E-state index contributed by atoms with van der Waals surface area (Å²) in [7, 11) is 0. The van der Waals surface area contributed by atoms with Gasteiger partial charge < -0.3 is 10.6 Å². The number of carbonyl (C=O) groups excluding carboxylic acids is 1. The van der Waals surface area contributed by atoms with Gasteiger partial charge in [0.25, 0.3) is 0 Å². The average Bonchev–Trinajstić information content (AvgIpc) is 3.47. The lowest BCUT2D eigenvalue weighted by molar-refractivity contribution is -0.128. The lowest BCUT2D eigenvalue weighted by atomic mass is 9.75. The summed E-state index contributed by atoms with van der Waals surface area (Å²) < 4.78 is 0. The molecule has 0 aromatic heterocycles. The van der Waals surface area contributed by atoms with E-state index in [9.17, 15) is 4.79 Å². The maximum absolute atomic E-state index is 13.3. The number of benzene rings is 1. The number of nitrogens with one attached hydrogen (secondary N) is 2. The van der Waals surface area contributed by atoms with E-state index >= 15 is 0 Å². The number of rotatable bonds is 5. The minimum Gasteiger partial charge on any atom is -0.353 e. The van der Waals surface area contributed by atoms with E-state index in [4.69, 9.17) is 11.6 Å². The fourth-order valence-corrected chi connectivity index (χ4v) is 6.69. The van der Waals surface area contributed by atoms with E-state index in [1.807, 2.05) is 12.1 Å². The molecule has 3 nitrogen and oxygen atoms in total. The lowest BCUT2D eigenvalue weighted by Crippen LogP contribution is -2.51. The number of halogens is 1. The molecule has 29 heavy (non-hydrogen) atoms. The Labute approximate surface area is 180 Å². The first kappa shape index (κ1) is 19.9. The highest BCUT2D eigenvalue weighted by Crippen LogP contribution is 2.54. The standard InChI is InChI=1S/C25H35ClN2O/c26-21-8-5-16(6-9-21)15-27-24-4-2-1-3-22(24)25(29)28-23-10-7-17-11-18-13-19(18)14-20(23)12-17/h5-6,8-9,17-20,22-24,27H,1-4,7,10-15H2,(H,28,29)/t17?,18?,19?,20?,22-,23?,24+/m0/s1. The Hall–Kier alpha value is -1.06. The van der Waals surface area contributed by atoms with Gasteiger partial charge in [0.15, 0.2) is 0 Å². The van der Waals surface area contributed by atoms with E-state index in [0.29, 0.717) is 11.9 Å². The molecular formula is C25H35ClN2O. The van der Waals surface area contributed by atoms with Gasteiger partial charge in [-0.2, -0.15) is 0 Å². The Morgan fingerprint density at radius 1 is 0.862 bits per heavy atom. The summed E-state index contributed by atoms with van der Waals surface area (Å²) in [6, 6.07) is 8.75. The van der Waals surface area contributed by atoms with E-state index in [0.717, 1.165) is 48.1 Å². The summed E-state index contributed by atoms with van der Waals surface area (Å²) in [5.41, 5.74) is 1.23. The van der Waals surface area contributed by atoms with Gasteiger partial charge in [-0.3, -0.25) is 4.79 Å². The molecule has 1 aromatic rings. The van der Waals surface area contributed by atoms with Gasteiger partial charge >= 0.3 is 0 Å². The second-order valence-corrected chi connectivity index (χ2v) is 10.7. The molecule has 158 valence electrons. The molecule has 4 saturated carbocycles. The van der Waals surface area contributed by atoms with Crippen molar-refractivity contribution >= 4 is 17.5 Å². The van der Waals surface area contributed by atoms with Crippen LogP contribution in [0.3, 0.4) is 0 Å². The first-order valence-corrected chi connectivity index (χ1v) is 12.3. The molecule has 4 fully saturated rings. The molecular weight excluding hydrogens is 380 g/mol. The van der Waals surface area contributed by atoms with Crippen LogP contribution in [0.1, 0.15) is 69.8 Å². The molecule has 5 rings (SSSR count). The zero-order valence-corrected chi connectivity index (χ0v) is 18.2. The molecule has 4 heteroatoms. The third-order valence-electron chi connectivity index (χ3n) is 8.31. The second-order valence-electron chi connectivity index (χ2n) is 10.3. The molecule has 5 unspecified atom stereocenters. The number of carbonyl (C=O) groups is 1. The highest BCUT2D eigenvalue weighted by Gasteiger charge is 2.47. The average molecular weight is 415 g/mol. The van der Waals surface area contributed by atoms with Crippen LogP contribution < -0.4 is 10.6 Å². The number of amides is 1. The Kier molecular flexibility index (Phi) is 5.89. The van der Waals surface area contributed by atoms with Gasteiger partial charge in [-0.1, -0.05) is 36.6 Å². The third-order valence-corrected chi connectivity index (χ3v) is 8.57. The van der Waals surface area contributed by atoms with Gasteiger partial charge in [-0.05, 0) is 92.7 Å². The molecule has 0 heterocycles. The molecule has 0 radical (unpaired) electrons. The van der Waals surface area contributed by atoms with Crippen molar-refractivity contribution in [2.24, 2.45) is 29.6 Å². The first-order chi connectivity index (χ1) is 14.2. The van der Waals surface area contributed by atoms with Crippen molar-refractivity contribution in [2.45, 2.75) is 82.8 Å². The normalized spacial score (nSPS) is 38.6. The topological polar surface area (TPSA) is 41.1 Å². The van der Waals surface area contributed by atoms with Crippen LogP contribution in [-0.2, 0) is 11.3 Å². The van der Waals surface area contributed by atoms with Crippen LogP contribution in [0.5, 0.6) is 0 Å². The Balaban J connectivity index is 1.18. The smallest absolute Gasteiger partial charge is 0.224 e. The number of hydrogen-bond donors (Lipinski definition) is 2. The first-order valence-electron chi connectivity index (χ1n) is 11.9. The predicted molar refractivity (Wildman–Crippen MR) is 118 cm³/mol. The van der Waals surface area contributed by atoms with Crippen LogP contribution in [0.4, 0.5) is 0 Å². The van der Waals surface area contributed by atoms with Gasteiger partial charge in [-0.25, -0.2) is 0 Å². The highest BCUT2D eigenvalue weighted by molar-refractivity contribution is 6.30. The minimum absolute atomic E-state index is 0.119. The van der Waals surface area contributed by atoms with E-state index in [-0.39, 0.29) is 12.0 Å². The summed E-state index contributed by atoms with van der Waals surface area (Å²) in [5.74, 6) is 4.12. The fourth-order valence-electron chi connectivity index (χ4n) is 6.56. The molecule has 7 atom stereocenters. The number of fused-ring (bicyclic) bond motifs is 3. The fraction of sp³-hybridized carbons (Fsp3) is 0.720. The quantitative estimate of drug-likeness (QED) is 0.684. The Morgan fingerprint density at radius 3 is 2.45 bits per heavy atom. The largest absolute Gasteiger partial charge is 0.353 e. The summed E-state index contributed by atoms with van der Waals surface area (Å²) in [6.07, 6.45) is 12.7. The van der Waals surface area contributed by atoms with Crippen molar-refractivity contribution in [3.05, 3.63) is 34.9 Å².